The number of ether oxygens (including phenoxy) is 1. The maximum atomic E-state index is 6.19. The third-order valence-corrected chi connectivity index (χ3v) is 3.75. The number of hydrogen-bond acceptors (Lipinski definition) is 2. The van der Waals surface area contributed by atoms with E-state index in [2.05, 4.69) is 35.6 Å². The Bertz CT molecular complexity index is 343. The fourth-order valence-corrected chi connectivity index (χ4v) is 2.21. The number of nitrogens with one attached hydrogen (secondary N) is 1. The second-order valence-corrected chi connectivity index (χ2v) is 5.27. The SMILES string of the molecule is c1ccc(C(CNC2CC2)OC2CCC2)cc1. The molecule has 2 fully saturated rings. The number of hydrogen-bond donors (Lipinski definition) is 1. The topological polar surface area (TPSA) is 21.3 Å². The van der Waals surface area contributed by atoms with Crippen molar-refractivity contribution in [3.05, 3.63) is 35.9 Å². The highest BCUT2D eigenvalue weighted by Gasteiger charge is 2.26. The summed E-state index contributed by atoms with van der Waals surface area (Å²) < 4.78 is 6.19. The average Bonchev–Trinajstić information content (AvgIpc) is 3.12. The van der Waals surface area contributed by atoms with Crippen LogP contribution in [0.15, 0.2) is 30.3 Å². The fraction of sp³-hybridized carbons (Fsp3) is 0.600. The third-order valence-electron chi connectivity index (χ3n) is 3.75. The molecule has 17 heavy (non-hydrogen) atoms. The summed E-state index contributed by atoms with van der Waals surface area (Å²) >= 11 is 0. The molecule has 1 N–H and O–H groups in total. The molecule has 0 saturated heterocycles. The Morgan fingerprint density at radius 3 is 2.47 bits per heavy atom. The molecular formula is C15H21NO. The molecule has 1 unspecified atom stereocenters. The van der Waals surface area contributed by atoms with E-state index in [1.165, 1.54) is 37.7 Å². The van der Waals surface area contributed by atoms with Gasteiger partial charge < -0.3 is 10.1 Å². The van der Waals surface area contributed by atoms with Gasteiger partial charge in [0.15, 0.2) is 0 Å². The van der Waals surface area contributed by atoms with Crippen molar-refractivity contribution in [1.29, 1.82) is 0 Å². The summed E-state index contributed by atoms with van der Waals surface area (Å²) in [6, 6.07) is 11.4. The van der Waals surface area contributed by atoms with E-state index in [1.54, 1.807) is 0 Å². The van der Waals surface area contributed by atoms with Gasteiger partial charge in [0.05, 0.1) is 12.2 Å². The quantitative estimate of drug-likeness (QED) is 0.812. The summed E-state index contributed by atoms with van der Waals surface area (Å²) in [5, 5.41) is 3.58. The summed E-state index contributed by atoms with van der Waals surface area (Å²) in [6.07, 6.45) is 7.24. The van der Waals surface area contributed by atoms with Crippen LogP contribution in [-0.2, 0) is 4.74 Å². The third kappa shape index (κ3) is 3.08. The predicted octanol–water partition coefficient (Wildman–Crippen LogP) is 3.05. The van der Waals surface area contributed by atoms with Crippen molar-refractivity contribution >= 4 is 0 Å². The first-order valence-corrected chi connectivity index (χ1v) is 6.85. The molecule has 0 spiro atoms. The van der Waals surface area contributed by atoms with E-state index in [-0.39, 0.29) is 6.10 Å². The molecule has 2 aliphatic rings. The van der Waals surface area contributed by atoms with Gasteiger partial charge in [-0.2, -0.15) is 0 Å². The van der Waals surface area contributed by atoms with Gasteiger partial charge in [0.1, 0.15) is 0 Å². The lowest BCUT2D eigenvalue weighted by Gasteiger charge is -2.31. The van der Waals surface area contributed by atoms with Crippen LogP contribution in [0.4, 0.5) is 0 Å². The lowest BCUT2D eigenvalue weighted by molar-refractivity contribution is -0.0520. The average molecular weight is 231 g/mol. The van der Waals surface area contributed by atoms with Crippen LogP contribution in [0.5, 0.6) is 0 Å². The van der Waals surface area contributed by atoms with Crippen LogP contribution in [-0.4, -0.2) is 18.7 Å². The minimum absolute atomic E-state index is 0.238. The van der Waals surface area contributed by atoms with Gasteiger partial charge in [0.25, 0.3) is 0 Å². The van der Waals surface area contributed by atoms with Crippen molar-refractivity contribution in [2.75, 3.05) is 6.54 Å². The van der Waals surface area contributed by atoms with Gasteiger partial charge in [0.2, 0.25) is 0 Å². The van der Waals surface area contributed by atoms with Crippen molar-refractivity contribution in [1.82, 2.24) is 5.32 Å². The normalized spacial score (nSPS) is 22.1. The molecule has 1 aromatic carbocycles. The van der Waals surface area contributed by atoms with E-state index in [0.717, 1.165) is 12.6 Å². The highest BCUT2D eigenvalue weighted by Crippen LogP contribution is 2.29. The minimum Gasteiger partial charge on any atom is -0.369 e. The predicted molar refractivity (Wildman–Crippen MR) is 68.9 cm³/mol. The molecule has 0 heterocycles. The van der Waals surface area contributed by atoms with Crippen LogP contribution in [0.1, 0.15) is 43.8 Å². The van der Waals surface area contributed by atoms with Crippen LogP contribution < -0.4 is 5.32 Å². The van der Waals surface area contributed by atoms with Crippen molar-refractivity contribution < 1.29 is 4.74 Å². The van der Waals surface area contributed by atoms with Gasteiger partial charge in [-0.3, -0.25) is 0 Å². The Kier molecular flexibility index (Phi) is 3.44. The summed E-state index contributed by atoms with van der Waals surface area (Å²) in [4.78, 5) is 0. The first-order valence-electron chi connectivity index (χ1n) is 6.85. The molecule has 0 aromatic heterocycles. The molecule has 0 aliphatic heterocycles. The monoisotopic (exact) mass is 231 g/mol. The summed E-state index contributed by atoms with van der Waals surface area (Å²) in [7, 11) is 0. The maximum Gasteiger partial charge on any atom is 0.0953 e. The number of rotatable bonds is 6. The fourth-order valence-electron chi connectivity index (χ4n) is 2.21. The van der Waals surface area contributed by atoms with Crippen LogP contribution >= 0.6 is 0 Å². The van der Waals surface area contributed by atoms with Crippen LogP contribution in [0.2, 0.25) is 0 Å². The van der Waals surface area contributed by atoms with E-state index in [1.807, 2.05) is 0 Å². The number of benzene rings is 1. The lowest BCUT2D eigenvalue weighted by Crippen LogP contribution is -2.31. The summed E-state index contributed by atoms with van der Waals surface area (Å²) in [5.41, 5.74) is 1.31. The highest BCUT2D eigenvalue weighted by molar-refractivity contribution is 5.18. The van der Waals surface area contributed by atoms with E-state index >= 15 is 0 Å². The lowest BCUT2D eigenvalue weighted by atomic mass is 9.95. The maximum absolute atomic E-state index is 6.19. The Morgan fingerprint density at radius 1 is 1.12 bits per heavy atom. The van der Waals surface area contributed by atoms with E-state index in [9.17, 15) is 0 Å². The zero-order chi connectivity index (χ0) is 11.5. The second kappa shape index (κ2) is 5.19. The molecule has 0 radical (unpaired) electrons. The zero-order valence-corrected chi connectivity index (χ0v) is 10.3. The molecule has 1 atom stereocenters. The molecule has 0 bridgehead atoms. The van der Waals surface area contributed by atoms with Gasteiger partial charge >= 0.3 is 0 Å². The zero-order valence-electron chi connectivity index (χ0n) is 10.3. The molecule has 0 amide bonds. The van der Waals surface area contributed by atoms with Crippen LogP contribution in [0.25, 0.3) is 0 Å². The molecule has 2 nitrogen and oxygen atoms in total. The Balaban J connectivity index is 1.61. The first kappa shape index (κ1) is 11.2. The van der Waals surface area contributed by atoms with Gasteiger partial charge in [0, 0.05) is 12.6 Å². The summed E-state index contributed by atoms with van der Waals surface area (Å²) in [6.45, 7) is 0.963. The van der Waals surface area contributed by atoms with Gasteiger partial charge in [-0.1, -0.05) is 30.3 Å². The second-order valence-electron chi connectivity index (χ2n) is 5.27. The molecule has 1 aromatic rings. The molecule has 3 rings (SSSR count). The standard InChI is InChI=1S/C15H21NO/c1-2-5-12(6-3-1)15(11-16-13-9-10-13)17-14-7-4-8-14/h1-3,5-6,13-16H,4,7-11H2. The minimum atomic E-state index is 0.238. The van der Waals surface area contributed by atoms with E-state index < -0.39 is 0 Å². The molecule has 2 aliphatic carbocycles. The van der Waals surface area contributed by atoms with Crippen LogP contribution in [0, 0.1) is 0 Å². The molecular weight excluding hydrogens is 210 g/mol. The highest BCUT2D eigenvalue weighted by atomic mass is 16.5. The molecule has 92 valence electrons. The van der Waals surface area contributed by atoms with Crippen molar-refractivity contribution in [3.63, 3.8) is 0 Å². The Hall–Kier alpha value is -0.860. The largest absolute Gasteiger partial charge is 0.369 e. The van der Waals surface area contributed by atoms with E-state index in [4.69, 9.17) is 4.74 Å². The molecule has 2 saturated carbocycles. The van der Waals surface area contributed by atoms with Gasteiger partial charge in [-0.15, -0.1) is 0 Å². The van der Waals surface area contributed by atoms with Crippen molar-refractivity contribution in [3.8, 4) is 0 Å². The van der Waals surface area contributed by atoms with Crippen LogP contribution in [0.3, 0.4) is 0 Å². The van der Waals surface area contributed by atoms with Gasteiger partial charge in [-0.25, -0.2) is 0 Å². The van der Waals surface area contributed by atoms with Gasteiger partial charge in [-0.05, 0) is 37.7 Å². The molecule has 2 heteroatoms. The Morgan fingerprint density at radius 2 is 1.88 bits per heavy atom. The van der Waals surface area contributed by atoms with E-state index in [0.29, 0.717) is 6.10 Å². The summed E-state index contributed by atoms with van der Waals surface area (Å²) in [5.74, 6) is 0. The Labute approximate surface area is 103 Å². The van der Waals surface area contributed by atoms with Crippen molar-refractivity contribution in [2.24, 2.45) is 0 Å². The van der Waals surface area contributed by atoms with Crippen molar-refractivity contribution in [2.45, 2.75) is 50.4 Å². The smallest absolute Gasteiger partial charge is 0.0953 e. The first-order chi connectivity index (χ1) is 8.42.